The van der Waals surface area contributed by atoms with E-state index in [-0.39, 0.29) is 19.3 Å². The highest BCUT2D eigenvalue weighted by molar-refractivity contribution is 7.99. The summed E-state index contributed by atoms with van der Waals surface area (Å²) in [5, 5.41) is 0.659. The molecule has 0 spiro atoms. The van der Waals surface area contributed by atoms with Crippen LogP contribution in [0, 0.1) is 0 Å². The highest BCUT2D eigenvalue weighted by Crippen LogP contribution is 2.28. The fourth-order valence-corrected chi connectivity index (χ4v) is 2.93. The number of amides is 1. The second kappa shape index (κ2) is 10.7. The van der Waals surface area contributed by atoms with Crippen LogP contribution in [0.25, 0.3) is 0 Å². The molecule has 0 radical (unpaired) electrons. The molecule has 1 N–H and O–H groups in total. The van der Waals surface area contributed by atoms with Crippen LogP contribution in [0.15, 0.2) is 70.5 Å². The van der Waals surface area contributed by atoms with Gasteiger partial charge in [0.1, 0.15) is 0 Å². The minimum Gasteiger partial charge on any atom is -0.341 e. The third kappa shape index (κ3) is 7.80. The fourth-order valence-electron chi connectivity index (χ4n) is 1.98. The number of carbonyl (C=O) groups is 2. The predicted molar refractivity (Wildman–Crippen MR) is 99.7 cm³/mol. The van der Waals surface area contributed by atoms with Crippen LogP contribution >= 0.6 is 23.4 Å². The van der Waals surface area contributed by atoms with Gasteiger partial charge in [-0.3, -0.25) is 4.79 Å². The summed E-state index contributed by atoms with van der Waals surface area (Å²) < 4.78 is 23.7. The van der Waals surface area contributed by atoms with E-state index < -0.39 is 18.0 Å². The van der Waals surface area contributed by atoms with Crippen molar-refractivity contribution < 1.29 is 23.2 Å². The maximum absolute atomic E-state index is 12.0. The van der Waals surface area contributed by atoms with Gasteiger partial charge in [-0.25, -0.2) is 4.79 Å². The molecule has 8 heteroatoms. The van der Waals surface area contributed by atoms with Crippen molar-refractivity contribution in [3.05, 3.63) is 71.3 Å². The van der Waals surface area contributed by atoms with Gasteiger partial charge in [-0.1, -0.05) is 23.4 Å². The molecule has 27 heavy (non-hydrogen) atoms. The normalized spacial score (nSPS) is 10.2. The zero-order valence-electron chi connectivity index (χ0n) is 14.1. The Bertz CT molecular complexity index is 807. The minimum atomic E-state index is -1.78. The van der Waals surface area contributed by atoms with Gasteiger partial charge in [-0.05, 0) is 67.4 Å². The van der Waals surface area contributed by atoms with Gasteiger partial charge < -0.3 is 4.84 Å². The van der Waals surface area contributed by atoms with Gasteiger partial charge in [-0.15, -0.1) is 0 Å². The van der Waals surface area contributed by atoms with E-state index in [1.54, 1.807) is 36.4 Å². The molecule has 2 rings (SSSR count). The lowest BCUT2D eigenvalue weighted by atomic mass is 10.2. The number of halogens is 3. The average molecular weight is 412 g/mol. The molecule has 2 aromatic carbocycles. The van der Waals surface area contributed by atoms with Gasteiger partial charge in [-0.2, -0.15) is 14.3 Å². The first-order chi connectivity index (χ1) is 12.9. The Morgan fingerprint density at radius 3 is 2.22 bits per heavy atom. The van der Waals surface area contributed by atoms with Gasteiger partial charge in [0, 0.05) is 26.8 Å². The molecular formula is C19H16ClF2NO3S. The molecule has 0 aliphatic heterocycles. The van der Waals surface area contributed by atoms with Crippen LogP contribution in [0.3, 0.4) is 0 Å². The monoisotopic (exact) mass is 411 g/mol. The van der Waals surface area contributed by atoms with Gasteiger partial charge in [0.25, 0.3) is 12.0 Å². The number of carbonyl (C=O) groups excluding carboxylic acids is 2. The first kappa shape index (κ1) is 20.9. The van der Waals surface area contributed by atoms with E-state index in [4.69, 9.17) is 11.6 Å². The Hall–Kier alpha value is -2.38. The Balaban J connectivity index is 1.78. The van der Waals surface area contributed by atoms with Crippen LogP contribution in [0.5, 0.6) is 0 Å². The SMILES string of the molecule is O=C(CCCC=C(F)F)ONC(=O)c1ccc(Sc2ccc(Cl)cc2)cc1. The van der Waals surface area contributed by atoms with E-state index in [1.807, 2.05) is 12.1 Å². The number of hydrogen-bond donors (Lipinski definition) is 1. The number of hydrogen-bond acceptors (Lipinski definition) is 4. The zero-order valence-corrected chi connectivity index (χ0v) is 15.7. The molecule has 0 saturated carbocycles. The number of hydroxylamine groups is 1. The highest BCUT2D eigenvalue weighted by atomic mass is 35.5. The van der Waals surface area contributed by atoms with Crippen LogP contribution < -0.4 is 5.48 Å². The van der Waals surface area contributed by atoms with Crippen molar-refractivity contribution in [1.29, 1.82) is 0 Å². The van der Waals surface area contributed by atoms with Crippen LogP contribution in [-0.2, 0) is 9.63 Å². The standard InChI is InChI=1S/C19H16ClF2NO3S/c20-14-7-11-16(12-8-14)27-15-9-5-13(6-10-15)19(25)23-26-18(24)4-2-1-3-17(21)22/h3,5-12H,1-2,4H2,(H,23,25). The van der Waals surface area contributed by atoms with Crippen molar-refractivity contribution in [1.82, 2.24) is 5.48 Å². The lowest BCUT2D eigenvalue weighted by Gasteiger charge is -2.06. The second-order valence-corrected chi connectivity index (χ2v) is 6.95. The molecular weight excluding hydrogens is 396 g/mol. The predicted octanol–water partition coefficient (Wildman–Crippen LogP) is 5.63. The quantitative estimate of drug-likeness (QED) is 0.474. The van der Waals surface area contributed by atoms with E-state index in [1.165, 1.54) is 11.8 Å². The molecule has 0 fully saturated rings. The number of benzene rings is 2. The Labute approximate surface area is 164 Å². The van der Waals surface area contributed by atoms with Crippen molar-refractivity contribution in [2.24, 2.45) is 0 Å². The third-order valence-corrected chi connectivity index (χ3v) is 4.57. The Morgan fingerprint density at radius 1 is 1.04 bits per heavy atom. The summed E-state index contributed by atoms with van der Waals surface area (Å²) in [5.41, 5.74) is 2.38. The van der Waals surface area contributed by atoms with Gasteiger partial charge in [0.15, 0.2) is 0 Å². The third-order valence-electron chi connectivity index (χ3n) is 3.31. The lowest BCUT2D eigenvalue weighted by Crippen LogP contribution is -2.26. The summed E-state index contributed by atoms with van der Waals surface area (Å²) in [5.74, 6) is -1.26. The molecule has 0 saturated heterocycles. The largest absolute Gasteiger partial charge is 0.341 e. The van der Waals surface area contributed by atoms with E-state index in [2.05, 4.69) is 10.3 Å². The molecule has 0 atom stereocenters. The lowest BCUT2D eigenvalue weighted by molar-refractivity contribution is -0.149. The van der Waals surface area contributed by atoms with Crippen LogP contribution in [0.4, 0.5) is 8.78 Å². The molecule has 0 aliphatic carbocycles. The zero-order chi connectivity index (χ0) is 19.6. The smallest absolute Gasteiger partial charge is 0.332 e. The van der Waals surface area contributed by atoms with E-state index in [9.17, 15) is 18.4 Å². The fraction of sp³-hybridized carbons (Fsp3) is 0.158. The molecule has 0 heterocycles. The molecule has 0 unspecified atom stereocenters. The minimum absolute atomic E-state index is 0.0676. The van der Waals surface area contributed by atoms with E-state index >= 15 is 0 Å². The number of allylic oxidation sites excluding steroid dienone is 1. The van der Waals surface area contributed by atoms with Crippen molar-refractivity contribution in [3.63, 3.8) is 0 Å². The molecule has 2 aromatic rings. The highest BCUT2D eigenvalue weighted by Gasteiger charge is 2.09. The molecule has 1 amide bonds. The molecule has 0 aromatic heterocycles. The second-order valence-electron chi connectivity index (χ2n) is 5.37. The van der Waals surface area contributed by atoms with Crippen molar-refractivity contribution in [2.45, 2.75) is 29.1 Å². The summed E-state index contributed by atoms with van der Waals surface area (Å²) in [6.07, 6.45) is -0.842. The maximum Gasteiger partial charge on any atom is 0.332 e. The topological polar surface area (TPSA) is 55.4 Å². The first-order valence-electron chi connectivity index (χ1n) is 7.98. The Morgan fingerprint density at radius 2 is 1.63 bits per heavy atom. The molecule has 142 valence electrons. The summed E-state index contributed by atoms with van der Waals surface area (Å²) in [6, 6.07) is 14.1. The number of unbranched alkanes of at least 4 members (excludes halogenated alkanes) is 1. The molecule has 0 aliphatic rings. The Kier molecular flexibility index (Phi) is 8.29. The van der Waals surface area contributed by atoms with Gasteiger partial charge in [0.05, 0.1) is 0 Å². The number of rotatable bonds is 7. The van der Waals surface area contributed by atoms with Crippen molar-refractivity contribution >= 4 is 35.2 Å². The van der Waals surface area contributed by atoms with Crippen LogP contribution in [0.2, 0.25) is 5.02 Å². The molecule has 0 bridgehead atoms. The van der Waals surface area contributed by atoms with Crippen molar-refractivity contribution in [2.75, 3.05) is 0 Å². The summed E-state index contributed by atoms with van der Waals surface area (Å²) >= 11 is 7.36. The summed E-state index contributed by atoms with van der Waals surface area (Å²) in [6.45, 7) is 0. The van der Waals surface area contributed by atoms with Crippen LogP contribution in [-0.4, -0.2) is 11.9 Å². The summed E-state index contributed by atoms with van der Waals surface area (Å²) in [7, 11) is 0. The summed E-state index contributed by atoms with van der Waals surface area (Å²) in [4.78, 5) is 30.0. The van der Waals surface area contributed by atoms with Crippen molar-refractivity contribution in [3.8, 4) is 0 Å². The number of nitrogens with one attached hydrogen (secondary N) is 1. The maximum atomic E-state index is 12.0. The van der Waals surface area contributed by atoms with Gasteiger partial charge in [0.2, 0.25) is 0 Å². The van der Waals surface area contributed by atoms with Crippen LogP contribution in [0.1, 0.15) is 29.6 Å². The van der Waals surface area contributed by atoms with Gasteiger partial charge >= 0.3 is 5.97 Å². The average Bonchev–Trinajstić information content (AvgIpc) is 2.65. The van der Waals surface area contributed by atoms with E-state index in [0.717, 1.165) is 15.9 Å². The molecule has 4 nitrogen and oxygen atoms in total. The first-order valence-corrected chi connectivity index (χ1v) is 9.18. The van der Waals surface area contributed by atoms with E-state index in [0.29, 0.717) is 10.6 Å².